The van der Waals surface area contributed by atoms with Gasteiger partial charge in [-0.15, -0.1) is 6.42 Å². The molecule has 0 amide bonds. The van der Waals surface area contributed by atoms with E-state index in [4.69, 9.17) is 11.5 Å². The summed E-state index contributed by atoms with van der Waals surface area (Å²) in [6.07, 6.45) is 8.32. The van der Waals surface area contributed by atoms with Crippen molar-refractivity contribution < 1.29 is 13.9 Å². The van der Waals surface area contributed by atoms with Gasteiger partial charge in [-0.2, -0.15) is 0 Å². The summed E-state index contributed by atoms with van der Waals surface area (Å²) in [5.74, 6) is 4.36. The lowest BCUT2D eigenvalue weighted by molar-refractivity contribution is -0.0158. The Balaban J connectivity index is 2.60. The van der Waals surface area contributed by atoms with Gasteiger partial charge in [0.05, 0.1) is 0 Å². The topological polar surface area (TPSA) is 20.2 Å². The molecular formula is C19H22F2O. The fraction of sp³-hybridized carbons (Fsp3) is 0.474. The Hall–Kier alpha value is -1.84. The highest BCUT2D eigenvalue weighted by Gasteiger charge is 2.30. The number of benzene rings is 1. The third kappa shape index (κ3) is 6.29. The van der Waals surface area contributed by atoms with Crippen molar-refractivity contribution in [3.8, 4) is 24.2 Å². The van der Waals surface area contributed by atoms with Gasteiger partial charge in [-0.1, -0.05) is 62.5 Å². The van der Waals surface area contributed by atoms with Crippen LogP contribution in [-0.4, -0.2) is 11.2 Å². The minimum atomic E-state index is -2.81. The van der Waals surface area contributed by atoms with E-state index in [0.29, 0.717) is 12.0 Å². The molecule has 1 aromatic carbocycles. The van der Waals surface area contributed by atoms with Crippen molar-refractivity contribution in [1.29, 1.82) is 0 Å². The molecule has 0 saturated carbocycles. The summed E-state index contributed by atoms with van der Waals surface area (Å²) >= 11 is 0. The van der Waals surface area contributed by atoms with E-state index in [2.05, 4.69) is 24.7 Å². The summed E-state index contributed by atoms with van der Waals surface area (Å²) in [5, 5.41) is 9.13. The number of hydrogen-bond acceptors (Lipinski definition) is 1. The fourth-order valence-corrected chi connectivity index (χ4v) is 2.09. The Bertz CT molecular complexity index is 544. The van der Waals surface area contributed by atoms with Crippen LogP contribution in [-0.2, 0) is 5.92 Å². The number of halogens is 2. The standard InChI is InChI=1S/C19H22F2O/c1-3-5-6-7-8-15-19(20,21)17-12-9-16(10-13-17)11-14-18(22)4-2/h2,9-10,12-13,18,22H,3,5-8,15H2,1H3/t18-/m1/s1. The van der Waals surface area contributed by atoms with Crippen LogP contribution in [0.1, 0.15) is 56.6 Å². The largest absolute Gasteiger partial charge is 0.369 e. The second-order valence-corrected chi connectivity index (χ2v) is 5.28. The second kappa shape index (κ2) is 9.23. The normalized spacial score (nSPS) is 12.1. The summed E-state index contributed by atoms with van der Waals surface area (Å²) in [4.78, 5) is 0. The maximum atomic E-state index is 14.1. The molecule has 0 heterocycles. The third-order valence-electron chi connectivity index (χ3n) is 3.41. The molecule has 0 saturated heterocycles. The molecule has 118 valence electrons. The molecule has 0 fully saturated rings. The minimum Gasteiger partial charge on any atom is -0.369 e. The van der Waals surface area contributed by atoms with Crippen molar-refractivity contribution in [2.24, 2.45) is 0 Å². The molecule has 0 radical (unpaired) electrons. The maximum Gasteiger partial charge on any atom is 0.273 e. The highest BCUT2D eigenvalue weighted by Crippen LogP contribution is 2.33. The van der Waals surface area contributed by atoms with E-state index in [1.165, 1.54) is 24.3 Å². The molecule has 1 N–H and O–H groups in total. The van der Waals surface area contributed by atoms with Crippen molar-refractivity contribution >= 4 is 0 Å². The molecule has 0 bridgehead atoms. The van der Waals surface area contributed by atoms with Crippen LogP contribution >= 0.6 is 0 Å². The van der Waals surface area contributed by atoms with Crippen LogP contribution in [0.25, 0.3) is 0 Å². The second-order valence-electron chi connectivity index (χ2n) is 5.28. The molecule has 0 aliphatic rings. The molecule has 1 atom stereocenters. The van der Waals surface area contributed by atoms with E-state index < -0.39 is 12.0 Å². The predicted octanol–water partition coefficient (Wildman–Crippen LogP) is 4.48. The molecule has 0 aliphatic heterocycles. The number of aliphatic hydroxyl groups excluding tert-OH is 1. The number of hydrogen-bond donors (Lipinski definition) is 1. The highest BCUT2D eigenvalue weighted by atomic mass is 19.3. The van der Waals surface area contributed by atoms with Gasteiger partial charge in [0.2, 0.25) is 0 Å². The molecule has 0 aromatic heterocycles. The van der Waals surface area contributed by atoms with Gasteiger partial charge in [-0.3, -0.25) is 0 Å². The fourth-order valence-electron chi connectivity index (χ4n) is 2.09. The number of alkyl halides is 2. The quantitative estimate of drug-likeness (QED) is 0.581. The first kappa shape index (κ1) is 18.2. The summed E-state index contributed by atoms with van der Waals surface area (Å²) in [6.45, 7) is 2.10. The van der Waals surface area contributed by atoms with Gasteiger partial charge >= 0.3 is 0 Å². The van der Waals surface area contributed by atoms with E-state index in [1.807, 2.05) is 0 Å². The van der Waals surface area contributed by atoms with Gasteiger partial charge in [0, 0.05) is 17.5 Å². The molecular weight excluding hydrogens is 282 g/mol. The minimum absolute atomic E-state index is 0.00559. The first-order chi connectivity index (χ1) is 10.5. The summed E-state index contributed by atoms with van der Waals surface area (Å²) in [7, 11) is 0. The monoisotopic (exact) mass is 304 g/mol. The van der Waals surface area contributed by atoms with Crippen molar-refractivity contribution in [3.63, 3.8) is 0 Å². The Kier molecular flexibility index (Phi) is 7.64. The zero-order chi connectivity index (χ0) is 16.4. The molecule has 0 unspecified atom stereocenters. The van der Waals surface area contributed by atoms with Crippen molar-refractivity contribution in [1.82, 2.24) is 0 Å². The lowest BCUT2D eigenvalue weighted by Gasteiger charge is -2.16. The Labute approximate surface area is 131 Å². The van der Waals surface area contributed by atoms with Crippen LogP contribution in [0, 0.1) is 24.2 Å². The summed E-state index contributed by atoms with van der Waals surface area (Å²) < 4.78 is 28.1. The van der Waals surface area contributed by atoms with Crippen LogP contribution < -0.4 is 0 Å². The first-order valence-electron chi connectivity index (χ1n) is 7.63. The Morgan fingerprint density at radius 2 is 1.77 bits per heavy atom. The number of aliphatic hydroxyl groups is 1. The highest BCUT2D eigenvalue weighted by molar-refractivity contribution is 5.38. The van der Waals surface area contributed by atoms with E-state index in [-0.39, 0.29) is 12.0 Å². The van der Waals surface area contributed by atoms with Gasteiger partial charge in [0.1, 0.15) is 0 Å². The zero-order valence-electron chi connectivity index (χ0n) is 12.9. The number of unbranched alkanes of at least 4 members (excludes halogenated alkanes) is 4. The van der Waals surface area contributed by atoms with Crippen LogP contribution in [0.3, 0.4) is 0 Å². The first-order valence-corrected chi connectivity index (χ1v) is 7.63. The van der Waals surface area contributed by atoms with Gasteiger partial charge < -0.3 is 5.11 Å². The number of terminal acetylenes is 1. The van der Waals surface area contributed by atoms with Gasteiger partial charge in [0.25, 0.3) is 5.92 Å². The van der Waals surface area contributed by atoms with Crippen molar-refractivity contribution in [2.75, 3.05) is 0 Å². The average Bonchev–Trinajstić information content (AvgIpc) is 2.52. The average molecular weight is 304 g/mol. The van der Waals surface area contributed by atoms with E-state index in [0.717, 1.165) is 25.7 Å². The summed E-state index contributed by atoms with van der Waals surface area (Å²) in [5.41, 5.74) is 0.558. The maximum absolute atomic E-state index is 14.1. The molecule has 3 heteroatoms. The Morgan fingerprint density at radius 3 is 2.36 bits per heavy atom. The molecule has 0 aliphatic carbocycles. The van der Waals surface area contributed by atoms with Gasteiger partial charge in [-0.05, 0) is 18.6 Å². The van der Waals surface area contributed by atoms with Gasteiger partial charge in [0.15, 0.2) is 6.10 Å². The number of rotatable bonds is 7. The van der Waals surface area contributed by atoms with Crippen molar-refractivity contribution in [2.45, 2.75) is 57.5 Å². The van der Waals surface area contributed by atoms with Crippen LogP contribution in [0.5, 0.6) is 0 Å². The lowest BCUT2D eigenvalue weighted by Crippen LogP contribution is -2.13. The van der Waals surface area contributed by atoms with E-state index >= 15 is 0 Å². The molecule has 0 spiro atoms. The van der Waals surface area contributed by atoms with E-state index in [9.17, 15) is 8.78 Å². The third-order valence-corrected chi connectivity index (χ3v) is 3.41. The molecule has 1 aromatic rings. The molecule has 22 heavy (non-hydrogen) atoms. The van der Waals surface area contributed by atoms with Crippen LogP contribution in [0.2, 0.25) is 0 Å². The predicted molar refractivity (Wildman–Crippen MR) is 85.4 cm³/mol. The Morgan fingerprint density at radius 1 is 1.14 bits per heavy atom. The summed E-state index contributed by atoms with van der Waals surface area (Å²) in [6, 6.07) is 5.82. The van der Waals surface area contributed by atoms with Crippen LogP contribution in [0.4, 0.5) is 8.78 Å². The van der Waals surface area contributed by atoms with E-state index in [1.54, 1.807) is 0 Å². The smallest absolute Gasteiger partial charge is 0.273 e. The van der Waals surface area contributed by atoms with Crippen molar-refractivity contribution in [3.05, 3.63) is 35.4 Å². The van der Waals surface area contributed by atoms with Gasteiger partial charge in [-0.25, -0.2) is 8.78 Å². The molecule has 1 rings (SSSR count). The van der Waals surface area contributed by atoms with Crippen LogP contribution in [0.15, 0.2) is 24.3 Å². The molecule has 1 nitrogen and oxygen atoms in total. The lowest BCUT2D eigenvalue weighted by atomic mass is 10.00. The zero-order valence-corrected chi connectivity index (χ0v) is 12.9. The SMILES string of the molecule is C#C[C@@H](O)C#Cc1ccc(C(F)(F)CCCCCCC)cc1.